The summed E-state index contributed by atoms with van der Waals surface area (Å²) in [6.07, 6.45) is -0.0460. The van der Waals surface area contributed by atoms with Gasteiger partial charge >= 0.3 is 0 Å². The van der Waals surface area contributed by atoms with Crippen LogP contribution in [-0.4, -0.2) is 52.0 Å². The molecule has 0 spiro atoms. The van der Waals surface area contributed by atoms with Gasteiger partial charge in [0.1, 0.15) is 17.6 Å². The number of benzene rings is 1. The molecule has 0 radical (unpaired) electrons. The number of ether oxygens (including phenoxy) is 3. The molecule has 0 aliphatic rings. The average Bonchev–Trinajstić information content (AvgIpc) is 2.53. The standard InChI is InChI=1S/C17H29N3O3/c1-6-18-17(20-13(2)12-21-4)19-11-14(3)23-16-9-7-8-15(10-16)22-5/h7-10,13-14H,6,11-12H2,1-5H3,(H2,18,19,20). The van der Waals surface area contributed by atoms with Gasteiger partial charge in [0, 0.05) is 25.8 Å². The van der Waals surface area contributed by atoms with Crippen LogP contribution in [0.5, 0.6) is 11.5 Å². The van der Waals surface area contributed by atoms with Gasteiger partial charge in [0.25, 0.3) is 0 Å². The number of hydrogen-bond acceptors (Lipinski definition) is 4. The third kappa shape index (κ3) is 7.74. The van der Waals surface area contributed by atoms with Gasteiger partial charge in [-0.1, -0.05) is 6.07 Å². The number of rotatable bonds is 9. The quantitative estimate of drug-likeness (QED) is 0.538. The van der Waals surface area contributed by atoms with Gasteiger partial charge in [-0.05, 0) is 32.9 Å². The lowest BCUT2D eigenvalue weighted by atomic mass is 10.3. The van der Waals surface area contributed by atoms with Gasteiger partial charge in [-0.2, -0.15) is 0 Å². The maximum atomic E-state index is 5.87. The Hall–Kier alpha value is -1.95. The Kier molecular flexibility index (Phi) is 8.90. The van der Waals surface area contributed by atoms with E-state index in [1.165, 1.54) is 0 Å². The zero-order valence-corrected chi connectivity index (χ0v) is 14.8. The zero-order valence-electron chi connectivity index (χ0n) is 14.8. The van der Waals surface area contributed by atoms with Crippen molar-refractivity contribution >= 4 is 5.96 Å². The van der Waals surface area contributed by atoms with E-state index in [0.29, 0.717) is 13.2 Å². The third-order valence-electron chi connectivity index (χ3n) is 3.03. The van der Waals surface area contributed by atoms with Gasteiger partial charge in [0.2, 0.25) is 0 Å². The van der Waals surface area contributed by atoms with E-state index in [2.05, 4.69) is 15.6 Å². The summed E-state index contributed by atoms with van der Waals surface area (Å²) >= 11 is 0. The lowest BCUT2D eigenvalue weighted by Gasteiger charge is -2.18. The zero-order chi connectivity index (χ0) is 17.1. The van der Waals surface area contributed by atoms with Crippen molar-refractivity contribution < 1.29 is 14.2 Å². The molecule has 0 saturated heterocycles. The number of nitrogens with one attached hydrogen (secondary N) is 2. The highest BCUT2D eigenvalue weighted by atomic mass is 16.5. The van der Waals surface area contributed by atoms with Gasteiger partial charge in [0.15, 0.2) is 5.96 Å². The Morgan fingerprint density at radius 2 is 1.96 bits per heavy atom. The van der Waals surface area contributed by atoms with E-state index in [4.69, 9.17) is 14.2 Å². The summed E-state index contributed by atoms with van der Waals surface area (Å²) < 4.78 is 16.2. The highest BCUT2D eigenvalue weighted by Crippen LogP contribution is 2.19. The molecule has 2 N–H and O–H groups in total. The van der Waals surface area contributed by atoms with Crippen LogP contribution in [0.2, 0.25) is 0 Å². The normalized spacial score (nSPS) is 14.0. The van der Waals surface area contributed by atoms with Crippen LogP contribution in [0.1, 0.15) is 20.8 Å². The highest BCUT2D eigenvalue weighted by Gasteiger charge is 2.07. The smallest absolute Gasteiger partial charge is 0.191 e. The van der Waals surface area contributed by atoms with Crippen molar-refractivity contribution in [1.29, 1.82) is 0 Å². The molecule has 1 rings (SSSR count). The molecule has 0 heterocycles. The molecule has 130 valence electrons. The summed E-state index contributed by atoms with van der Waals surface area (Å²) in [6, 6.07) is 7.76. The lowest BCUT2D eigenvalue weighted by Crippen LogP contribution is -2.44. The van der Waals surface area contributed by atoms with Crippen LogP contribution < -0.4 is 20.1 Å². The number of nitrogens with zero attached hydrogens (tertiary/aromatic N) is 1. The van der Waals surface area contributed by atoms with E-state index >= 15 is 0 Å². The second-order valence-corrected chi connectivity index (χ2v) is 5.33. The first-order valence-corrected chi connectivity index (χ1v) is 7.93. The van der Waals surface area contributed by atoms with Crippen LogP contribution >= 0.6 is 0 Å². The van der Waals surface area contributed by atoms with Crippen LogP contribution in [0.3, 0.4) is 0 Å². The maximum Gasteiger partial charge on any atom is 0.191 e. The number of methoxy groups -OCH3 is 2. The van der Waals surface area contributed by atoms with Crippen molar-refractivity contribution in [2.24, 2.45) is 4.99 Å². The molecule has 2 atom stereocenters. The van der Waals surface area contributed by atoms with E-state index in [-0.39, 0.29) is 12.1 Å². The van der Waals surface area contributed by atoms with Crippen LogP contribution in [0.15, 0.2) is 29.3 Å². The summed E-state index contributed by atoms with van der Waals surface area (Å²) in [4.78, 5) is 4.56. The Bertz CT molecular complexity index is 480. The van der Waals surface area contributed by atoms with E-state index in [1.54, 1.807) is 14.2 Å². The predicted octanol–water partition coefficient (Wildman–Crippen LogP) is 2.05. The summed E-state index contributed by atoms with van der Waals surface area (Å²) in [6.45, 7) is 8.05. The maximum absolute atomic E-state index is 5.87. The molecule has 0 aromatic heterocycles. The fourth-order valence-electron chi connectivity index (χ4n) is 2.01. The Morgan fingerprint density at radius 3 is 2.61 bits per heavy atom. The van der Waals surface area contributed by atoms with Crippen molar-refractivity contribution in [1.82, 2.24) is 10.6 Å². The minimum absolute atomic E-state index is 0.0460. The first kappa shape index (κ1) is 19.1. The Balaban J connectivity index is 2.56. The fourth-order valence-corrected chi connectivity index (χ4v) is 2.01. The van der Waals surface area contributed by atoms with Crippen LogP contribution in [0, 0.1) is 0 Å². The molecule has 2 unspecified atom stereocenters. The van der Waals surface area contributed by atoms with E-state index in [1.807, 2.05) is 45.0 Å². The van der Waals surface area contributed by atoms with Crippen LogP contribution in [0.4, 0.5) is 0 Å². The Labute approximate surface area is 139 Å². The second-order valence-electron chi connectivity index (χ2n) is 5.33. The number of hydrogen-bond donors (Lipinski definition) is 2. The molecule has 0 saturated carbocycles. The van der Waals surface area contributed by atoms with Crippen molar-refractivity contribution in [3.63, 3.8) is 0 Å². The van der Waals surface area contributed by atoms with E-state index < -0.39 is 0 Å². The number of guanidine groups is 1. The largest absolute Gasteiger partial charge is 0.497 e. The number of aliphatic imine (C=N–C) groups is 1. The van der Waals surface area contributed by atoms with Crippen molar-refractivity contribution in [2.75, 3.05) is 33.9 Å². The monoisotopic (exact) mass is 323 g/mol. The first-order chi connectivity index (χ1) is 11.1. The predicted molar refractivity (Wildman–Crippen MR) is 93.5 cm³/mol. The minimum Gasteiger partial charge on any atom is -0.497 e. The fraction of sp³-hybridized carbons (Fsp3) is 0.588. The molecule has 0 amide bonds. The van der Waals surface area contributed by atoms with Gasteiger partial charge in [-0.25, -0.2) is 4.99 Å². The molecule has 0 aliphatic carbocycles. The molecular weight excluding hydrogens is 294 g/mol. The highest BCUT2D eigenvalue weighted by molar-refractivity contribution is 5.80. The first-order valence-electron chi connectivity index (χ1n) is 7.93. The van der Waals surface area contributed by atoms with Gasteiger partial charge in [-0.15, -0.1) is 0 Å². The van der Waals surface area contributed by atoms with Crippen molar-refractivity contribution in [3.8, 4) is 11.5 Å². The molecule has 6 nitrogen and oxygen atoms in total. The molecular formula is C17H29N3O3. The lowest BCUT2D eigenvalue weighted by molar-refractivity contribution is 0.179. The summed E-state index contributed by atoms with van der Waals surface area (Å²) in [5.74, 6) is 2.32. The topological polar surface area (TPSA) is 64.1 Å². The molecule has 0 aliphatic heterocycles. The van der Waals surface area contributed by atoms with E-state index in [9.17, 15) is 0 Å². The molecule has 1 aromatic carbocycles. The summed E-state index contributed by atoms with van der Waals surface area (Å²) in [5.41, 5.74) is 0. The molecule has 0 bridgehead atoms. The van der Waals surface area contributed by atoms with Crippen molar-refractivity contribution in [2.45, 2.75) is 32.9 Å². The SMILES string of the molecule is CCNC(=NCC(C)Oc1cccc(OC)c1)NC(C)COC. The van der Waals surface area contributed by atoms with Crippen LogP contribution in [-0.2, 0) is 4.74 Å². The van der Waals surface area contributed by atoms with E-state index in [0.717, 1.165) is 24.0 Å². The second kappa shape index (κ2) is 10.7. The molecule has 1 aromatic rings. The van der Waals surface area contributed by atoms with Gasteiger partial charge in [0.05, 0.1) is 20.3 Å². The molecule has 0 fully saturated rings. The summed E-state index contributed by atoms with van der Waals surface area (Å²) in [5, 5.41) is 6.51. The van der Waals surface area contributed by atoms with Crippen molar-refractivity contribution in [3.05, 3.63) is 24.3 Å². The van der Waals surface area contributed by atoms with Gasteiger partial charge < -0.3 is 24.8 Å². The summed E-state index contributed by atoms with van der Waals surface area (Å²) in [7, 11) is 3.33. The third-order valence-corrected chi connectivity index (χ3v) is 3.03. The van der Waals surface area contributed by atoms with Gasteiger partial charge in [-0.3, -0.25) is 0 Å². The minimum atomic E-state index is -0.0460. The molecule has 23 heavy (non-hydrogen) atoms. The molecule has 6 heteroatoms. The average molecular weight is 323 g/mol. The Morgan fingerprint density at radius 1 is 1.22 bits per heavy atom. The van der Waals surface area contributed by atoms with Crippen LogP contribution in [0.25, 0.3) is 0 Å².